The number of carboxylic acid groups (broad SMARTS) is 3. The summed E-state index contributed by atoms with van der Waals surface area (Å²) in [6.07, 6.45) is -52.4. The third-order valence-corrected chi connectivity index (χ3v) is 26.9. The molecule has 0 radical (unpaired) electrons. The van der Waals surface area contributed by atoms with Crippen LogP contribution in [0.25, 0.3) is 0 Å². The smallest absolute Gasteiger partial charge is 0.364 e. The van der Waals surface area contributed by atoms with Gasteiger partial charge in [-0.2, -0.15) is 0 Å². The van der Waals surface area contributed by atoms with Crippen LogP contribution in [0.15, 0.2) is 12.2 Å². The number of amides is 4. The molecular formula is C92H158N4O47. The molecule has 143 heavy (non-hydrogen) atoms. The Morgan fingerprint density at radius 2 is 0.776 bits per heavy atom. The molecule has 51 heteroatoms. The first-order chi connectivity index (χ1) is 67.9. The van der Waals surface area contributed by atoms with E-state index in [9.17, 15) is 166 Å². The molecule has 7 fully saturated rings. The van der Waals surface area contributed by atoms with Crippen molar-refractivity contribution in [3.63, 3.8) is 0 Å². The number of rotatable bonds is 63. The van der Waals surface area contributed by atoms with Gasteiger partial charge in [-0.1, -0.05) is 154 Å². The molecular weight excluding hydrogens is 1910 g/mol. The summed E-state index contributed by atoms with van der Waals surface area (Å²) >= 11 is 0. The van der Waals surface area contributed by atoms with E-state index in [1.54, 1.807) is 6.08 Å². The molecule has 29 N–H and O–H groups in total. The highest BCUT2D eigenvalue weighted by Gasteiger charge is 2.66. The van der Waals surface area contributed by atoms with E-state index in [0.717, 1.165) is 118 Å². The maximum absolute atomic E-state index is 14.7. The van der Waals surface area contributed by atoms with E-state index < -0.39 is 369 Å². The Kier molecular flexibility index (Phi) is 52.4. The number of carbonyl (C=O) groups is 8. The van der Waals surface area contributed by atoms with E-state index in [1.165, 1.54) is 51.0 Å². The number of carboxylic acids is 3. The van der Waals surface area contributed by atoms with E-state index in [1.807, 2.05) is 0 Å². The number of hydrogen-bond acceptors (Lipinski definition) is 44. The standard InChI is InChI=1S/C92H158N4O47/c1-7-9-11-13-15-17-19-20-22-23-25-27-29-31-51(108)50(96-62(113)32-30-28-26-24-21-18-16-14-12-10-8-2)44-130-84-74(122)72(120)77(60(42-102)133-84)136-86-75(123)82(78(61(43-103)134-86)137-83-49(33-45(3)104)76(68(116)57(39-99)131-83)135-85-73(121)71(119)67(115)56(38-98)132-85)143-92(89(128)129)36-54(111)65(95-48(6)107)81(142-92)70(118)59(41-101)139-91(88(126)127)35-53(110)64(94-47(5)106)80(141-91)69(117)58(40-100)138-90(87(124)125)34-52(109)63(93-46(4)105)79(140-90)66(114)55(112)37-97/h29,31,49-61,63-86,97-103,108-112,114-123H,7-28,30,32-44H2,1-6H3,(H,93,105)(H,94,106)(H,95,107)(H,96,113)(H,124,125)(H,126,127)(H,128,129)/b31-29-/t49-,50+,51-,52+,53+,54+,55-,56-,57-,58-,59-,60-,61-,63-,64-,65-,66-,67+,68+,69-,70-,71+,72-,73-,74-,75-,76-,77-,78+,79?,80?,81?,82-,83+,84-,85+,86+,90-,91-,92+/m1/s1. The van der Waals surface area contributed by atoms with Gasteiger partial charge in [0.15, 0.2) is 25.2 Å². The van der Waals surface area contributed by atoms with Gasteiger partial charge in [-0.25, -0.2) is 14.4 Å². The molecule has 3 unspecified atom stereocenters. The third kappa shape index (κ3) is 34.1. The van der Waals surface area contributed by atoms with Gasteiger partial charge >= 0.3 is 17.9 Å². The number of ether oxygens (including phenoxy) is 14. The molecule has 7 aliphatic heterocycles. The van der Waals surface area contributed by atoms with E-state index in [0.29, 0.717) is 12.8 Å². The molecule has 0 bridgehead atoms. The summed E-state index contributed by atoms with van der Waals surface area (Å²) in [5.74, 6) is -24.3. The maximum Gasteiger partial charge on any atom is 0.364 e. The van der Waals surface area contributed by atoms with Crippen LogP contribution in [0.2, 0.25) is 0 Å². The number of aliphatic hydroxyl groups is 22. The molecule has 51 nitrogen and oxygen atoms in total. The second-order valence-electron chi connectivity index (χ2n) is 38.1. The van der Waals surface area contributed by atoms with Gasteiger partial charge in [0.2, 0.25) is 23.6 Å². The van der Waals surface area contributed by atoms with Crippen molar-refractivity contribution in [1.29, 1.82) is 0 Å². The fraction of sp³-hybridized carbons (Fsp3) is 0.891. The molecule has 7 aliphatic rings. The lowest BCUT2D eigenvalue weighted by Crippen LogP contribution is -2.72. The van der Waals surface area contributed by atoms with Crippen LogP contribution in [0.5, 0.6) is 0 Å². The Morgan fingerprint density at radius 3 is 1.21 bits per heavy atom. The Hall–Kier alpha value is -5.74. The lowest BCUT2D eigenvalue weighted by Gasteiger charge is -2.53. The minimum atomic E-state index is -3.81. The largest absolute Gasteiger partial charge is 0.477 e. The van der Waals surface area contributed by atoms with Crippen LogP contribution in [0.4, 0.5) is 0 Å². The van der Waals surface area contributed by atoms with Crippen LogP contribution >= 0.6 is 0 Å². The van der Waals surface area contributed by atoms with Crippen LogP contribution in [0, 0.1) is 5.92 Å². The van der Waals surface area contributed by atoms with Crippen molar-refractivity contribution < 1.29 is 232 Å². The summed E-state index contributed by atoms with van der Waals surface area (Å²) in [6.45, 7) is -2.22. The van der Waals surface area contributed by atoms with E-state index in [4.69, 9.17) is 66.3 Å². The fourth-order valence-electron chi connectivity index (χ4n) is 19.0. The minimum absolute atomic E-state index is 0.0547. The number of ketones is 1. The average molecular weight is 2070 g/mol. The second kappa shape index (κ2) is 60.3. The summed E-state index contributed by atoms with van der Waals surface area (Å²) in [6, 6.07) is -7.45. The van der Waals surface area contributed by atoms with Gasteiger partial charge in [-0.3, -0.25) is 19.2 Å². The van der Waals surface area contributed by atoms with E-state index >= 15 is 0 Å². The van der Waals surface area contributed by atoms with Gasteiger partial charge in [0.1, 0.15) is 146 Å². The minimum Gasteiger partial charge on any atom is -0.477 e. The highest BCUT2D eigenvalue weighted by molar-refractivity contribution is 5.79. The van der Waals surface area contributed by atoms with Gasteiger partial charge < -0.3 is 220 Å². The lowest BCUT2D eigenvalue weighted by molar-refractivity contribution is -0.407. The fourth-order valence-corrected chi connectivity index (χ4v) is 19.0. The molecule has 0 aromatic heterocycles. The zero-order chi connectivity index (χ0) is 106. The first-order valence-electron chi connectivity index (χ1n) is 49.6. The maximum atomic E-state index is 14.7. The molecule has 4 amide bonds. The van der Waals surface area contributed by atoms with Gasteiger partial charge in [0.05, 0.1) is 108 Å². The Morgan fingerprint density at radius 1 is 0.399 bits per heavy atom. The predicted octanol–water partition coefficient (Wildman–Crippen LogP) is -7.16. The summed E-state index contributed by atoms with van der Waals surface area (Å²) in [5, 5.41) is 296. The molecule has 7 heterocycles. The van der Waals surface area contributed by atoms with Crippen molar-refractivity contribution >= 4 is 47.3 Å². The number of aliphatic carboxylic acids is 3. The van der Waals surface area contributed by atoms with E-state index in [-0.39, 0.29) is 6.42 Å². The van der Waals surface area contributed by atoms with Crippen LogP contribution in [0.1, 0.15) is 221 Å². The Labute approximate surface area is 827 Å². The summed E-state index contributed by atoms with van der Waals surface area (Å²) in [5.41, 5.74) is 0. The number of carbonyl (C=O) groups excluding carboxylic acids is 5. The van der Waals surface area contributed by atoms with Gasteiger partial charge in [0, 0.05) is 58.8 Å². The number of unbranched alkanes of at least 4 members (excludes halogenated alkanes) is 21. The number of Topliss-reactive ketones (excluding diaryl/α,β-unsaturated/α-hetero) is 1. The molecule has 7 rings (SSSR count). The Bertz CT molecular complexity index is 3840. The molecule has 7 saturated heterocycles. The highest BCUT2D eigenvalue weighted by Crippen LogP contribution is 2.46. The van der Waals surface area contributed by atoms with Crippen LogP contribution in [0.3, 0.4) is 0 Å². The van der Waals surface area contributed by atoms with Crippen molar-refractivity contribution in [3.8, 4) is 0 Å². The quantitative estimate of drug-likeness (QED) is 0.0199. The van der Waals surface area contributed by atoms with Gasteiger partial charge in [-0.05, 0) is 26.2 Å². The van der Waals surface area contributed by atoms with Crippen LogP contribution in [-0.2, 0) is 105 Å². The number of allylic oxidation sites excluding steroid dienone is 1. The molecule has 0 aliphatic carbocycles. The highest BCUT2D eigenvalue weighted by atomic mass is 16.8. The number of hydrogen-bond donors (Lipinski definition) is 29. The SMILES string of the molecule is CCCCCCCCCCCCC/C=C\[C@@H](O)[C@H](CO[C@@H]1O[C@H](CO)[C@@H](O[C@@H]2O[C@H](CO)[C@H](O[C@@H]3O[C@H](CO)[C@H](O)[C@H](O[C@@H]4O[C@H](CO)[C@H](O)[C@H](O)[C@H]4O)[C@H]3CC(C)=O)[C@H](O[C@]3(C(=O)O)C[C@H](O)[C@@H](NC(C)=O)C([C@H](O)[C@@H](CO)O[C@]4(C(=O)O)C[C@H](O)[C@@H](NC(C)=O)C([C@H](O)[C@@H](CO)O[C@]5(C(=O)O)C[C@H](O)[C@@H](NC(C)=O)C([C@H](O)[C@H](O)CO)O5)O4)O3)[C@H]2O)[C@H](O)[C@H]1O)NC(=O)CCCCCCCCCCCCC. The normalized spacial score (nSPS) is 36.2. The molecule has 0 aromatic rings. The summed E-state index contributed by atoms with van der Waals surface area (Å²) < 4.78 is 84.3. The van der Waals surface area contributed by atoms with Crippen molar-refractivity contribution in [2.24, 2.45) is 5.92 Å². The van der Waals surface area contributed by atoms with Gasteiger partial charge in [-0.15, -0.1) is 0 Å². The molecule has 0 aromatic carbocycles. The molecule has 828 valence electrons. The van der Waals surface area contributed by atoms with Crippen molar-refractivity contribution in [2.75, 3.05) is 52.9 Å². The number of aliphatic hydroxyl groups excluding tert-OH is 22. The van der Waals surface area contributed by atoms with Crippen molar-refractivity contribution in [2.45, 2.75) is 459 Å². The van der Waals surface area contributed by atoms with Crippen molar-refractivity contribution in [3.05, 3.63) is 12.2 Å². The van der Waals surface area contributed by atoms with E-state index in [2.05, 4.69) is 35.1 Å². The van der Waals surface area contributed by atoms with Crippen molar-refractivity contribution in [1.82, 2.24) is 21.3 Å². The third-order valence-electron chi connectivity index (χ3n) is 26.9. The number of nitrogens with one attached hydrogen (secondary N) is 4. The first-order valence-corrected chi connectivity index (χ1v) is 49.6. The zero-order valence-electron chi connectivity index (χ0n) is 81.6. The van der Waals surface area contributed by atoms with Crippen LogP contribution in [-0.4, -0.2) is 465 Å². The average Bonchev–Trinajstić information content (AvgIpc) is 0.741. The molecule has 0 spiro atoms. The Balaban J connectivity index is 1.26. The molecule has 40 atom stereocenters. The topological polar surface area (TPSA) is 820 Å². The van der Waals surface area contributed by atoms with Gasteiger partial charge in [0.25, 0.3) is 17.4 Å². The first kappa shape index (κ1) is 124. The molecule has 0 saturated carbocycles. The lowest BCUT2D eigenvalue weighted by atomic mass is 9.86. The summed E-state index contributed by atoms with van der Waals surface area (Å²) in [7, 11) is 0. The monoisotopic (exact) mass is 2070 g/mol. The second-order valence-corrected chi connectivity index (χ2v) is 38.1. The zero-order valence-corrected chi connectivity index (χ0v) is 81.6. The summed E-state index contributed by atoms with van der Waals surface area (Å²) in [4.78, 5) is 108. The van der Waals surface area contributed by atoms with Crippen LogP contribution < -0.4 is 21.3 Å². The predicted molar refractivity (Wildman–Crippen MR) is 484 cm³/mol.